The van der Waals surface area contributed by atoms with Crippen molar-refractivity contribution < 1.29 is 67.5 Å². The second kappa shape index (κ2) is 22.5. The third-order valence-corrected chi connectivity index (χ3v) is 12.8. The van der Waals surface area contributed by atoms with E-state index in [0.717, 1.165) is 5.57 Å². The average Bonchev–Trinajstić information content (AvgIpc) is 3.16. The zero-order valence-electron chi connectivity index (χ0n) is 34.8. The summed E-state index contributed by atoms with van der Waals surface area (Å²) < 4.78 is 54.3. The minimum atomic E-state index is -1.21. The molecule has 0 aromatic heterocycles. The lowest BCUT2D eigenvalue weighted by atomic mass is 9.79. The Bertz CT molecular complexity index is 1370. The molecule has 4 aliphatic rings. The minimum Gasteiger partial charge on any atom is -0.451 e. The van der Waals surface area contributed by atoms with Crippen LogP contribution >= 0.6 is 22.6 Å². The van der Waals surface area contributed by atoms with Crippen molar-refractivity contribution in [3.05, 3.63) is 36.5 Å². The van der Waals surface area contributed by atoms with Gasteiger partial charge < -0.3 is 62.9 Å². The molecule has 3 fully saturated rings. The number of methoxy groups -OCH3 is 2. The van der Waals surface area contributed by atoms with E-state index in [9.17, 15) is 24.9 Å². The molecule has 326 valence electrons. The Morgan fingerprint density at radius 2 is 1.60 bits per heavy atom. The van der Waals surface area contributed by atoms with E-state index in [1.165, 1.54) is 14.2 Å². The first kappa shape index (κ1) is 48.3. The van der Waals surface area contributed by atoms with Gasteiger partial charge in [0.25, 0.3) is 0 Å². The summed E-state index contributed by atoms with van der Waals surface area (Å²) in [5.41, 5.74) is 0.750. The number of ether oxygens (including phenoxy) is 9. The fourth-order valence-corrected chi connectivity index (χ4v) is 8.87. The van der Waals surface area contributed by atoms with Gasteiger partial charge in [-0.05, 0) is 82.3 Å². The molecular weight excluding hydrogens is 857 g/mol. The number of ketones is 1. The van der Waals surface area contributed by atoms with Crippen LogP contribution in [0.4, 0.5) is 0 Å². The summed E-state index contributed by atoms with van der Waals surface area (Å²) in [6, 6.07) is -0.672. The van der Waals surface area contributed by atoms with Crippen LogP contribution < -0.4 is 0 Å². The number of esters is 1. The molecule has 0 aromatic rings. The van der Waals surface area contributed by atoms with E-state index in [0.29, 0.717) is 19.4 Å². The van der Waals surface area contributed by atoms with Crippen molar-refractivity contribution in [2.24, 2.45) is 23.7 Å². The molecule has 57 heavy (non-hydrogen) atoms. The lowest BCUT2D eigenvalue weighted by Crippen LogP contribution is -2.63. The van der Waals surface area contributed by atoms with Gasteiger partial charge in [-0.25, -0.2) is 0 Å². The number of carbonyl (C=O) groups is 2. The van der Waals surface area contributed by atoms with Gasteiger partial charge in [0.05, 0.1) is 62.3 Å². The van der Waals surface area contributed by atoms with Gasteiger partial charge in [0, 0.05) is 38.6 Å². The number of hydrogen-bond donors (Lipinski definition) is 3. The molecule has 4 aliphatic heterocycles. The van der Waals surface area contributed by atoms with E-state index >= 15 is 0 Å². The number of fused-ring (bicyclic) bond motifs is 3. The number of rotatable bonds is 9. The number of aliphatic hydroxyl groups excluding tert-OH is 3. The summed E-state index contributed by atoms with van der Waals surface area (Å²) in [6.45, 7) is 13.7. The summed E-state index contributed by atoms with van der Waals surface area (Å²) in [6.07, 6.45) is -2.23. The quantitative estimate of drug-likeness (QED) is 0.133. The van der Waals surface area contributed by atoms with Gasteiger partial charge in [0.1, 0.15) is 24.4 Å². The Labute approximate surface area is 351 Å². The number of halogens is 1. The van der Waals surface area contributed by atoms with Gasteiger partial charge in [-0.3, -0.25) is 9.59 Å². The third-order valence-electron chi connectivity index (χ3n) is 11.6. The zero-order valence-corrected chi connectivity index (χ0v) is 37.0. The predicted octanol–water partition coefficient (Wildman–Crippen LogP) is 2.96. The lowest BCUT2D eigenvalue weighted by Gasteiger charge is -2.47. The van der Waals surface area contributed by atoms with Crippen molar-refractivity contribution in [2.75, 3.05) is 48.1 Å². The average molecular weight is 924 g/mol. The maximum atomic E-state index is 14.0. The van der Waals surface area contributed by atoms with E-state index < -0.39 is 107 Å². The Hall–Kier alpha value is -1.39. The van der Waals surface area contributed by atoms with Crippen molar-refractivity contribution >= 4 is 34.3 Å². The molecule has 3 N–H and O–H groups in total. The van der Waals surface area contributed by atoms with Crippen molar-refractivity contribution in [1.82, 2.24) is 4.90 Å². The number of nitrogens with zero attached hydrogens (tertiary/aromatic N) is 1. The van der Waals surface area contributed by atoms with Crippen molar-refractivity contribution in [3.63, 3.8) is 0 Å². The predicted molar refractivity (Wildman–Crippen MR) is 217 cm³/mol. The smallest absolute Gasteiger partial charge is 0.309 e. The van der Waals surface area contributed by atoms with E-state index in [2.05, 4.69) is 29.2 Å². The molecule has 3 saturated heterocycles. The highest BCUT2D eigenvalue weighted by molar-refractivity contribution is 14.1. The van der Waals surface area contributed by atoms with Crippen LogP contribution in [0, 0.1) is 23.7 Å². The number of hydrogen-bond acceptors (Lipinski definition) is 15. The van der Waals surface area contributed by atoms with Crippen LogP contribution in [0.2, 0.25) is 0 Å². The Balaban J connectivity index is 1.69. The molecule has 0 aromatic carbocycles. The highest BCUT2D eigenvalue weighted by Gasteiger charge is 2.48. The number of carbonyl (C=O) groups excluding carboxylic acids is 2. The highest BCUT2D eigenvalue weighted by Crippen LogP contribution is 2.37. The Morgan fingerprint density at radius 3 is 2.25 bits per heavy atom. The molecule has 18 atom stereocenters. The van der Waals surface area contributed by atoms with E-state index in [1.54, 1.807) is 51.1 Å². The molecule has 0 radical (unpaired) electrons. The highest BCUT2D eigenvalue weighted by atomic mass is 127. The summed E-state index contributed by atoms with van der Waals surface area (Å²) in [4.78, 5) is 29.5. The van der Waals surface area contributed by atoms with Crippen LogP contribution in [0.1, 0.15) is 53.9 Å². The van der Waals surface area contributed by atoms with Gasteiger partial charge in [-0.15, -0.1) is 6.58 Å². The SMILES string of the molecule is C=CC1COCC[C@H]2C[C@@H](C)C(=O)/C=C/C(C)=C/[C@H](CO[C@@H]3OC(C)C(O)C(OC)C3OC)[C@@H](I)OC(=O)C[C@@H](O1)[C@H](C)[C@H]2OC1OC(C)[C@@H](O)C(N(C)C)C1O. The first-order valence-electron chi connectivity index (χ1n) is 19.9. The molecule has 0 spiro atoms. The van der Waals surface area contributed by atoms with Gasteiger partial charge in [0.15, 0.2) is 22.5 Å². The van der Waals surface area contributed by atoms with Crippen molar-refractivity contribution in [1.29, 1.82) is 0 Å². The minimum absolute atomic E-state index is 0.0365. The van der Waals surface area contributed by atoms with E-state index in [-0.39, 0.29) is 31.3 Å². The molecule has 2 bridgehead atoms. The number of alkyl halides is 1. The fraction of sp³-hybridized carbons (Fsp3) is 0.805. The van der Waals surface area contributed by atoms with Gasteiger partial charge >= 0.3 is 5.97 Å². The lowest BCUT2D eigenvalue weighted by molar-refractivity contribution is -0.306. The molecule has 0 amide bonds. The second-order valence-corrected chi connectivity index (χ2v) is 17.3. The monoisotopic (exact) mass is 923 g/mol. The van der Waals surface area contributed by atoms with Crippen molar-refractivity contribution in [3.8, 4) is 0 Å². The Kier molecular flexibility index (Phi) is 19.0. The summed E-state index contributed by atoms with van der Waals surface area (Å²) in [5, 5.41) is 33.1. The second-order valence-electron chi connectivity index (χ2n) is 16.1. The number of likely N-dealkylation sites (N-methyl/N-ethyl adjacent to an activating group) is 1. The normalized spacial score (nSPS) is 44.8. The number of aliphatic hydroxyl groups is 3. The van der Waals surface area contributed by atoms with E-state index in [4.69, 9.17) is 42.6 Å². The topological polar surface area (TPSA) is 181 Å². The van der Waals surface area contributed by atoms with E-state index in [1.807, 2.05) is 26.8 Å². The number of allylic oxidation sites excluding steroid dienone is 3. The molecule has 9 unspecified atom stereocenters. The fourth-order valence-electron chi connectivity index (χ4n) is 8.17. The summed E-state index contributed by atoms with van der Waals surface area (Å²) in [5.74, 6) is -2.31. The van der Waals surface area contributed by atoms with Gasteiger partial charge in [-0.1, -0.05) is 37.6 Å². The van der Waals surface area contributed by atoms with Crippen LogP contribution in [0.15, 0.2) is 36.5 Å². The third kappa shape index (κ3) is 12.6. The van der Waals surface area contributed by atoms with Gasteiger partial charge in [0.2, 0.25) is 0 Å². The van der Waals surface area contributed by atoms with Gasteiger partial charge in [-0.2, -0.15) is 0 Å². The van der Waals surface area contributed by atoms with Crippen LogP contribution in [0.5, 0.6) is 0 Å². The van der Waals surface area contributed by atoms with Crippen molar-refractivity contribution in [2.45, 2.75) is 138 Å². The summed E-state index contributed by atoms with van der Waals surface area (Å²) >= 11 is 2.06. The van der Waals surface area contributed by atoms with Crippen LogP contribution in [-0.4, -0.2) is 164 Å². The molecule has 0 aliphatic carbocycles. The molecule has 15 nitrogen and oxygen atoms in total. The van der Waals surface area contributed by atoms with Crippen LogP contribution in [-0.2, 0) is 52.2 Å². The summed E-state index contributed by atoms with van der Waals surface area (Å²) in [7, 11) is 6.52. The molecule has 16 heteroatoms. The molecule has 4 heterocycles. The maximum Gasteiger partial charge on any atom is 0.309 e. The van der Waals surface area contributed by atoms with Crippen LogP contribution in [0.25, 0.3) is 0 Å². The maximum absolute atomic E-state index is 14.0. The first-order chi connectivity index (χ1) is 27.0. The molecular formula is C41H66INO14. The zero-order chi connectivity index (χ0) is 42.1. The Morgan fingerprint density at radius 1 is 0.930 bits per heavy atom. The standard InChI is InChI=1S/C41H66INO14/c1-11-28-20-51-15-14-26-17-22(3)29(44)13-12-21(2)16-27(19-52-41-38(50-10)37(49-9)34(47)25(6)54-41)39(42)56-31(45)18-30(55-28)23(4)36(26)57-40-35(48)32(43(7)8)33(46)24(5)53-40/h11-13,16,22-28,30,32-41,46-48H,1,14-15,17-20H2,2-10H3/b13-12+,21-16+/t22-,23+,24?,25?,26+,27-,28?,30-,32?,33-,34?,35?,36-,37?,38?,39+,40?,41-/m1/s1. The first-order valence-corrected chi connectivity index (χ1v) is 21.2. The number of cyclic esters (lactones) is 1. The van der Waals surface area contributed by atoms with Crippen LogP contribution in [0.3, 0.4) is 0 Å². The largest absolute Gasteiger partial charge is 0.451 e. The molecule has 0 saturated carbocycles. The molecule has 4 rings (SSSR count).